The third-order valence-corrected chi connectivity index (χ3v) is 4.85. The Hall–Kier alpha value is -1.57. The second kappa shape index (κ2) is 15.7. The van der Waals surface area contributed by atoms with Crippen molar-refractivity contribution in [3.63, 3.8) is 0 Å². The summed E-state index contributed by atoms with van der Waals surface area (Å²) in [6.07, 6.45) is 21.8. The second-order valence-corrected chi connectivity index (χ2v) is 7.30. The molecule has 2 nitrogen and oxygen atoms in total. The predicted octanol–water partition coefficient (Wildman–Crippen LogP) is 7.61. The number of ketones is 1. The maximum Gasteiger partial charge on any atom is 0.162 e. The van der Waals surface area contributed by atoms with Gasteiger partial charge in [0.2, 0.25) is 0 Å². The molecule has 0 amide bonds. The number of unbranched alkanes of at least 4 members (excludes halogenated alkanes) is 11. The van der Waals surface area contributed by atoms with Gasteiger partial charge in [-0.05, 0) is 56.4 Å². The fraction of sp³-hybridized carbons (Fsp3) is 0.625. The molecule has 0 saturated carbocycles. The van der Waals surface area contributed by atoms with Crippen LogP contribution in [0.25, 0.3) is 0 Å². The molecular formula is C24H38O2. The van der Waals surface area contributed by atoms with Gasteiger partial charge in [-0.3, -0.25) is 4.79 Å². The molecule has 0 fully saturated rings. The number of allylic oxidation sites excluding steroid dienone is 2. The number of carbonyl (C=O) groups is 1. The van der Waals surface area contributed by atoms with E-state index >= 15 is 0 Å². The van der Waals surface area contributed by atoms with Crippen molar-refractivity contribution in [1.82, 2.24) is 0 Å². The first-order chi connectivity index (χ1) is 12.7. The lowest BCUT2D eigenvalue weighted by Gasteiger charge is -2.02. The summed E-state index contributed by atoms with van der Waals surface area (Å²) in [5.74, 6) is 0.394. The third-order valence-electron chi connectivity index (χ3n) is 4.85. The number of aromatic hydroxyl groups is 1. The molecule has 0 aliphatic heterocycles. The molecule has 0 atom stereocenters. The lowest BCUT2D eigenvalue weighted by molar-refractivity contribution is 0.0979. The number of hydrogen-bond acceptors (Lipinski definition) is 2. The summed E-state index contributed by atoms with van der Waals surface area (Å²) in [5.41, 5.74) is 0.707. The van der Waals surface area contributed by atoms with Gasteiger partial charge in [0.05, 0.1) is 0 Å². The van der Waals surface area contributed by atoms with Gasteiger partial charge in [-0.2, -0.15) is 0 Å². The van der Waals surface area contributed by atoms with Gasteiger partial charge in [0, 0.05) is 12.0 Å². The van der Waals surface area contributed by atoms with E-state index in [0.717, 1.165) is 12.8 Å². The smallest absolute Gasteiger partial charge is 0.162 e. The van der Waals surface area contributed by atoms with Gasteiger partial charge in [-0.15, -0.1) is 0 Å². The van der Waals surface area contributed by atoms with E-state index in [1.54, 1.807) is 24.3 Å². The fourth-order valence-electron chi connectivity index (χ4n) is 3.15. The van der Waals surface area contributed by atoms with E-state index in [2.05, 4.69) is 19.1 Å². The van der Waals surface area contributed by atoms with Crippen molar-refractivity contribution in [2.75, 3.05) is 0 Å². The Morgan fingerprint density at radius 1 is 0.769 bits per heavy atom. The van der Waals surface area contributed by atoms with Gasteiger partial charge >= 0.3 is 0 Å². The first kappa shape index (κ1) is 22.5. The molecule has 2 heteroatoms. The van der Waals surface area contributed by atoms with Crippen LogP contribution in [0.1, 0.15) is 107 Å². The molecule has 0 aliphatic rings. The van der Waals surface area contributed by atoms with Gasteiger partial charge in [0.25, 0.3) is 0 Å². The summed E-state index contributed by atoms with van der Waals surface area (Å²) in [7, 11) is 0. The van der Waals surface area contributed by atoms with Crippen molar-refractivity contribution in [2.24, 2.45) is 0 Å². The van der Waals surface area contributed by atoms with Crippen LogP contribution in [0, 0.1) is 0 Å². The molecule has 1 N–H and O–H groups in total. The normalized spacial score (nSPS) is 11.3. The Labute approximate surface area is 160 Å². The standard InChI is InChI=1S/C24H38O2/c1-2-3-4-5-6-7-8-9-10-11-12-13-14-15-16-17-24(26)22-18-20-23(25)21-19-22/h9-10,18-21,25H,2-8,11-17H2,1H3/b10-9-. The molecule has 1 aromatic carbocycles. The number of phenols is 1. The van der Waals surface area contributed by atoms with Gasteiger partial charge < -0.3 is 5.11 Å². The number of carbonyl (C=O) groups excluding carboxylic acids is 1. The summed E-state index contributed by atoms with van der Waals surface area (Å²) in [5, 5.41) is 9.24. The molecular weight excluding hydrogens is 320 g/mol. The third kappa shape index (κ3) is 11.9. The Kier molecular flexibility index (Phi) is 13.5. The van der Waals surface area contributed by atoms with Crippen molar-refractivity contribution in [3.05, 3.63) is 42.0 Å². The highest BCUT2D eigenvalue weighted by Crippen LogP contribution is 2.14. The summed E-state index contributed by atoms with van der Waals surface area (Å²) in [6, 6.07) is 6.56. The van der Waals surface area contributed by atoms with Gasteiger partial charge in [0.1, 0.15) is 5.75 Å². The van der Waals surface area contributed by atoms with Crippen LogP contribution in [0.5, 0.6) is 5.75 Å². The molecule has 0 heterocycles. The minimum Gasteiger partial charge on any atom is -0.508 e. The Balaban J connectivity index is 1.88. The van der Waals surface area contributed by atoms with Gasteiger partial charge in [-0.1, -0.05) is 70.4 Å². The zero-order valence-corrected chi connectivity index (χ0v) is 16.7. The van der Waals surface area contributed by atoms with Crippen molar-refractivity contribution in [3.8, 4) is 5.75 Å². The minimum atomic E-state index is 0.183. The highest BCUT2D eigenvalue weighted by Gasteiger charge is 2.05. The van der Waals surface area contributed by atoms with E-state index in [1.165, 1.54) is 70.6 Å². The van der Waals surface area contributed by atoms with Crippen LogP contribution in [0.3, 0.4) is 0 Å². The number of hydrogen-bond donors (Lipinski definition) is 1. The monoisotopic (exact) mass is 358 g/mol. The van der Waals surface area contributed by atoms with Crippen LogP contribution in [0.15, 0.2) is 36.4 Å². The molecule has 0 unspecified atom stereocenters. The Bertz CT molecular complexity index is 487. The van der Waals surface area contributed by atoms with Crippen molar-refractivity contribution in [1.29, 1.82) is 0 Å². The quantitative estimate of drug-likeness (QED) is 0.187. The van der Waals surface area contributed by atoms with E-state index in [-0.39, 0.29) is 11.5 Å². The average Bonchev–Trinajstić information content (AvgIpc) is 2.65. The maximum absolute atomic E-state index is 12.0. The van der Waals surface area contributed by atoms with Crippen LogP contribution in [-0.2, 0) is 0 Å². The Morgan fingerprint density at radius 3 is 1.85 bits per heavy atom. The summed E-state index contributed by atoms with van der Waals surface area (Å²) < 4.78 is 0. The number of Topliss-reactive ketones (excluding diaryl/α,β-unsaturated/α-hetero) is 1. The molecule has 1 rings (SSSR count). The van der Waals surface area contributed by atoms with E-state index in [4.69, 9.17) is 0 Å². The first-order valence-electron chi connectivity index (χ1n) is 10.7. The molecule has 146 valence electrons. The van der Waals surface area contributed by atoms with Crippen LogP contribution < -0.4 is 0 Å². The van der Waals surface area contributed by atoms with Crippen molar-refractivity contribution >= 4 is 5.78 Å². The van der Waals surface area contributed by atoms with Crippen molar-refractivity contribution < 1.29 is 9.90 Å². The Morgan fingerprint density at radius 2 is 1.27 bits per heavy atom. The van der Waals surface area contributed by atoms with Crippen LogP contribution in [-0.4, -0.2) is 10.9 Å². The minimum absolute atomic E-state index is 0.183. The SMILES string of the molecule is CCCCCCCC/C=C\CCCCCCCC(=O)c1ccc(O)cc1. The largest absolute Gasteiger partial charge is 0.508 e. The predicted molar refractivity (Wildman–Crippen MR) is 112 cm³/mol. The molecule has 1 aromatic rings. The van der Waals surface area contributed by atoms with Crippen LogP contribution in [0.2, 0.25) is 0 Å². The fourth-order valence-corrected chi connectivity index (χ4v) is 3.15. The maximum atomic E-state index is 12.0. The van der Waals surface area contributed by atoms with Crippen LogP contribution in [0.4, 0.5) is 0 Å². The van der Waals surface area contributed by atoms with Crippen LogP contribution >= 0.6 is 0 Å². The van der Waals surface area contributed by atoms with E-state index in [9.17, 15) is 9.90 Å². The van der Waals surface area contributed by atoms with E-state index in [1.807, 2.05) is 0 Å². The lowest BCUT2D eigenvalue weighted by atomic mass is 10.0. The highest BCUT2D eigenvalue weighted by atomic mass is 16.3. The molecule has 0 saturated heterocycles. The molecule has 0 radical (unpaired) electrons. The summed E-state index contributed by atoms with van der Waals surface area (Å²) >= 11 is 0. The summed E-state index contributed by atoms with van der Waals surface area (Å²) in [6.45, 7) is 2.26. The molecule has 0 aromatic heterocycles. The number of rotatable bonds is 16. The van der Waals surface area contributed by atoms with Gasteiger partial charge in [0.15, 0.2) is 5.78 Å². The summed E-state index contributed by atoms with van der Waals surface area (Å²) in [4.78, 5) is 12.0. The van der Waals surface area contributed by atoms with E-state index < -0.39 is 0 Å². The zero-order chi connectivity index (χ0) is 18.9. The molecule has 26 heavy (non-hydrogen) atoms. The van der Waals surface area contributed by atoms with Gasteiger partial charge in [-0.25, -0.2) is 0 Å². The highest BCUT2D eigenvalue weighted by molar-refractivity contribution is 5.96. The molecule has 0 aliphatic carbocycles. The first-order valence-corrected chi connectivity index (χ1v) is 10.7. The number of phenolic OH excluding ortho intramolecular Hbond substituents is 1. The second-order valence-electron chi connectivity index (χ2n) is 7.30. The molecule has 0 spiro atoms. The van der Waals surface area contributed by atoms with E-state index in [0.29, 0.717) is 12.0 Å². The average molecular weight is 359 g/mol. The topological polar surface area (TPSA) is 37.3 Å². The molecule has 0 bridgehead atoms. The lowest BCUT2D eigenvalue weighted by Crippen LogP contribution is -1.98. The number of benzene rings is 1. The van der Waals surface area contributed by atoms with Crippen molar-refractivity contribution in [2.45, 2.75) is 96.8 Å². The zero-order valence-electron chi connectivity index (χ0n) is 16.7.